The van der Waals surface area contributed by atoms with Crippen molar-refractivity contribution in [3.05, 3.63) is 0 Å². The zero-order valence-electron chi connectivity index (χ0n) is 10.6. The summed E-state index contributed by atoms with van der Waals surface area (Å²) >= 11 is 0. The van der Waals surface area contributed by atoms with Gasteiger partial charge in [-0.05, 0) is 40.7 Å². The Bertz CT molecular complexity index is 143. The normalized spacial score (nSPS) is 12.9. The zero-order valence-corrected chi connectivity index (χ0v) is 10.6. The van der Waals surface area contributed by atoms with Gasteiger partial charge in [-0.25, -0.2) is 5.01 Å². The molecule has 0 saturated heterocycles. The van der Waals surface area contributed by atoms with Crippen molar-refractivity contribution in [3.8, 4) is 0 Å². The molecule has 0 atom stereocenters. The summed E-state index contributed by atoms with van der Waals surface area (Å²) in [4.78, 5) is 0. The van der Waals surface area contributed by atoms with Gasteiger partial charge in [0.1, 0.15) is 0 Å². The highest BCUT2D eigenvalue weighted by molar-refractivity contribution is 4.78. The summed E-state index contributed by atoms with van der Waals surface area (Å²) in [5.74, 6) is 0. The van der Waals surface area contributed by atoms with Crippen molar-refractivity contribution in [2.45, 2.75) is 59.7 Å². The number of hydrogen-bond donors (Lipinski definition) is 2. The molecule has 2 N–H and O–H groups in total. The van der Waals surface area contributed by atoms with Crippen LogP contribution in [-0.2, 0) is 0 Å². The molecular weight excluding hydrogens is 174 g/mol. The lowest BCUT2D eigenvalue weighted by Gasteiger charge is -2.42. The van der Waals surface area contributed by atoms with Crippen molar-refractivity contribution in [3.63, 3.8) is 0 Å². The third-order valence-electron chi connectivity index (χ3n) is 2.26. The number of rotatable bonds is 7. The lowest BCUT2D eigenvalue weighted by molar-refractivity contribution is 0.00489. The van der Waals surface area contributed by atoms with Crippen molar-refractivity contribution in [2.24, 2.45) is 0 Å². The molecule has 0 saturated carbocycles. The van der Waals surface area contributed by atoms with Crippen LogP contribution in [0.3, 0.4) is 0 Å². The van der Waals surface area contributed by atoms with E-state index in [1.54, 1.807) is 0 Å². The third-order valence-corrected chi connectivity index (χ3v) is 2.26. The fourth-order valence-corrected chi connectivity index (χ4v) is 1.78. The Balaban J connectivity index is 4.30. The molecule has 3 heteroatoms. The second kappa shape index (κ2) is 6.38. The van der Waals surface area contributed by atoms with Gasteiger partial charge in [-0.3, -0.25) is 10.7 Å². The quantitative estimate of drug-likeness (QED) is 0.487. The Hall–Kier alpha value is -0.120. The summed E-state index contributed by atoms with van der Waals surface area (Å²) in [7, 11) is 0. The Labute approximate surface area is 89.2 Å². The molecule has 0 aromatic rings. The van der Waals surface area contributed by atoms with Crippen LogP contribution in [0.2, 0.25) is 0 Å². The Kier molecular flexibility index (Phi) is 6.33. The predicted octanol–water partition coefficient (Wildman–Crippen LogP) is 1.96. The van der Waals surface area contributed by atoms with E-state index in [-0.39, 0.29) is 5.66 Å². The number of nitrogens with one attached hydrogen (secondary N) is 2. The minimum atomic E-state index is 0.0120. The van der Waals surface area contributed by atoms with Crippen molar-refractivity contribution in [1.82, 2.24) is 15.8 Å². The molecule has 14 heavy (non-hydrogen) atoms. The summed E-state index contributed by atoms with van der Waals surface area (Å²) in [5.41, 5.74) is 3.48. The van der Waals surface area contributed by atoms with E-state index in [0.717, 1.165) is 19.5 Å². The lowest BCUT2D eigenvalue weighted by atomic mass is 10.2. The van der Waals surface area contributed by atoms with Gasteiger partial charge in [-0.1, -0.05) is 13.8 Å². The fourth-order valence-electron chi connectivity index (χ4n) is 1.78. The topological polar surface area (TPSA) is 27.3 Å². The number of hydrogen-bond acceptors (Lipinski definition) is 3. The predicted molar refractivity (Wildman–Crippen MR) is 63.0 cm³/mol. The van der Waals surface area contributed by atoms with Crippen molar-refractivity contribution in [1.29, 1.82) is 0 Å². The van der Waals surface area contributed by atoms with E-state index < -0.39 is 0 Å². The maximum Gasteiger partial charge on any atom is 0.0791 e. The van der Waals surface area contributed by atoms with E-state index in [4.69, 9.17) is 0 Å². The molecule has 0 aromatic heterocycles. The molecule has 86 valence electrons. The van der Waals surface area contributed by atoms with E-state index >= 15 is 0 Å². The summed E-state index contributed by atoms with van der Waals surface area (Å²) < 4.78 is 0. The van der Waals surface area contributed by atoms with Crippen LogP contribution in [0.15, 0.2) is 0 Å². The number of hydrazine groups is 1. The Morgan fingerprint density at radius 2 is 1.79 bits per heavy atom. The van der Waals surface area contributed by atoms with Gasteiger partial charge in [0.25, 0.3) is 0 Å². The summed E-state index contributed by atoms with van der Waals surface area (Å²) in [6, 6.07) is 0.496. The van der Waals surface area contributed by atoms with Crippen molar-refractivity contribution >= 4 is 0 Å². The summed E-state index contributed by atoms with van der Waals surface area (Å²) in [6.07, 6.45) is 1.16. The van der Waals surface area contributed by atoms with E-state index in [9.17, 15) is 0 Å². The highest BCUT2D eigenvalue weighted by Crippen LogP contribution is 2.11. The van der Waals surface area contributed by atoms with Gasteiger partial charge in [-0.2, -0.15) is 0 Å². The molecular formula is C11H27N3. The third kappa shape index (κ3) is 4.40. The summed E-state index contributed by atoms with van der Waals surface area (Å²) in [6.45, 7) is 15.2. The molecule has 0 spiro atoms. The first-order valence-electron chi connectivity index (χ1n) is 5.73. The van der Waals surface area contributed by atoms with E-state index in [2.05, 4.69) is 57.3 Å². The lowest BCUT2D eigenvalue weighted by Crippen LogP contribution is -2.62. The standard InChI is InChI=1S/C11H27N3/c1-7-9-13-14(10(3)4)11(5,6)12-8-2/h10,12-13H,7-9H2,1-6H3. The van der Waals surface area contributed by atoms with E-state index in [1.165, 1.54) is 0 Å². The van der Waals surface area contributed by atoms with Gasteiger partial charge < -0.3 is 0 Å². The molecule has 0 bridgehead atoms. The SMILES string of the molecule is CCCNN(C(C)C)C(C)(C)NCC. The molecule has 0 aliphatic heterocycles. The molecule has 0 amide bonds. The Morgan fingerprint density at radius 3 is 2.14 bits per heavy atom. The minimum Gasteiger partial charge on any atom is -0.299 e. The minimum absolute atomic E-state index is 0.0120. The van der Waals surface area contributed by atoms with Gasteiger partial charge in [0.15, 0.2) is 0 Å². The fraction of sp³-hybridized carbons (Fsp3) is 1.00. The molecule has 0 rings (SSSR count). The van der Waals surface area contributed by atoms with Crippen LogP contribution in [0.25, 0.3) is 0 Å². The first kappa shape index (κ1) is 13.9. The molecule has 0 aliphatic carbocycles. The average molecular weight is 201 g/mol. The summed E-state index contributed by atoms with van der Waals surface area (Å²) in [5, 5.41) is 5.77. The maximum absolute atomic E-state index is 3.48. The Morgan fingerprint density at radius 1 is 1.21 bits per heavy atom. The van der Waals surface area contributed by atoms with Gasteiger partial charge in [0, 0.05) is 12.6 Å². The van der Waals surface area contributed by atoms with Crippen LogP contribution >= 0.6 is 0 Å². The van der Waals surface area contributed by atoms with Gasteiger partial charge in [-0.15, -0.1) is 0 Å². The van der Waals surface area contributed by atoms with E-state index in [1.807, 2.05) is 0 Å². The molecule has 0 unspecified atom stereocenters. The first-order valence-corrected chi connectivity index (χ1v) is 5.73. The molecule has 3 nitrogen and oxygen atoms in total. The zero-order chi connectivity index (χ0) is 11.2. The molecule has 0 aliphatic rings. The van der Waals surface area contributed by atoms with Crippen LogP contribution in [0.1, 0.15) is 48.0 Å². The molecule has 0 aromatic carbocycles. The van der Waals surface area contributed by atoms with Crippen molar-refractivity contribution < 1.29 is 0 Å². The maximum atomic E-state index is 3.48. The highest BCUT2D eigenvalue weighted by atomic mass is 15.6. The van der Waals surface area contributed by atoms with Crippen LogP contribution in [-0.4, -0.2) is 29.8 Å². The van der Waals surface area contributed by atoms with Crippen LogP contribution in [0, 0.1) is 0 Å². The monoisotopic (exact) mass is 201 g/mol. The average Bonchev–Trinajstić information content (AvgIpc) is 2.03. The molecule has 0 radical (unpaired) electrons. The van der Waals surface area contributed by atoms with Gasteiger partial charge >= 0.3 is 0 Å². The second-order valence-corrected chi connectivity index (χ2v) is 4.46. The van der Waals surface area contributed by atoms with Crippen LogP contribution < -0.4 is 10.7 Å². The molecule has 0 heterocycles. The van der Waals surface area contributed by atoms with Crippen molar-refractivity contribution in [2.75, 3.05) is 13.1 Å². The largest absolute Gasteiger partial charge is 0.299 e. The smallest absolute Gasteiger partial charge is 0.0791 e. The van der Waals surface area contributed by atoms with Gasteiger partial charge in [0.05, 0.1) is 5.66 Å². The van der Waals surface area contributed by atoms with Crippen LogP contribution in [0.4, 0.5) is 0 Å². The van der Waals surface area contributed by atoms with Crippen LogP contribution in [0.5, 0.6) is 0 Å². The van der Waals surface area contributed by atoms with E-state index in [0.29, 0.717) is 6.04 Å². The second-order valence-electron chi connectivity index (χ2n) is 4.46. The highest BCUT2D eigenvalue weighted by Gasteiger charge is 2.27. The number of nitrogens with zero attached hydrogens (tertiary/aromatic N) is 1. The first-order chi connectivity index (χ1) is 6.45. The molecule has 0 fully saturated rings. The van der Waals surface area contributed by atoms with Gasteiger partial charge in [0.2, 0.25) is 0 Å².